The van der Waals surface area contributed by atoms with Gasteiger partial charge in [0.1, 0.15) is 0 Å². The van der Waals surface area contributed by atoms with E-state index < -0.39 is 0 Å². The number of hydrogen-bond acceptors (Lipinski definition) is 2. The molecule has 0 saturated heterocycles. The number of aromatic nitrogens is 1. The van der Waals surface area contributed by atoms with E-state index in [0.717, 1.165) is 15.7 Å². The number of carbonyl (C=O) groups excluding carboxylic acids is 2. The highest BCUT2D eigenvalue weighted by Gasteiger charge is 2.10. The van der Waals surface area contributed by atoms with E-state index in [0.29, 0.717) is 11.4 Å². The molecule has 3 aromatic rings. The second-order valence-corrected chi connectivity index (χ2v) is 6.77. The number of amides is 2. The van der Waals surface area contributed by atoms with Crippen LogP contribution in [0.4, 0.5) is 11.4 Å². The minimum Gasteiger partial charge on any atom is -0.325 e. The second-order valence-electron chi connectivity index (χ2n) is 5.85. The summed E-state index contributed by atoms with van der Waals surface area (Å²) in [6.07, 6.45) is 4.19. The Bertz CT molecular complexity index is 919. The van der Waals surface area contributed by atoms with Crippen molar-refractivity contribution in [1.82, 2.24) is 4.57 Å². The van der Waals surface area contributed by atoms with Crippen LogP contribution < -0.4 is 10.6 Å². The summed E-state index contributed by atoms with van der Waals surface area (Å²) in [6, 6.07) is 17.1. The van der Waals surface area contributed by atoms with E-state index in [1.807, 2.05) is 53.4 Å². The molecule has 1 aromatic heterocycles. The maximum absolute atomic E-state index is 12.4. The molecule has 2 N–H and O–H groups in total. The number of benzene rings is 2. The molecule has 0 fully saturated rings. The SMILES string of the molecule is CC(=O)Nc1ccc(Br)cc1NC(=O)Cc1ccc(-n2cccc2)cc1. The molecule has 0 spiro atoms. The molecule has 6 heteroatoms. The first-order valence-electron chi connectivity index (χ1n) is 8.10. The van der Waals surface area contributed by atoms with Gasteiger partial charge >= 0.3 is 0 Å². The molecular formula is C20H18BrN3O2. The average Bonchev–Trinajstić information content (AvgIpc) is 3.12. The minimum absolute atomic E-state index is 0.150. The normalized spacial score (nSPS) is 10.4. The molecule has 5 nitrogen and oxygen atoms in total. The van der Waals surface area contributed by atoms with E-state index in [2.05, 4.69) is 26.6 Å². The molecule has 0 aliphatic rings. The first kappa shape index (κ1) is 17.9. The van der Waals surface area contributed by atoms with Crippen molar-refractivity contribution in [2.75, 3.05) is 10.6 Å². The Kier molecular flexibility index (Phi) is 5.53. The zero-order valence-corrected chi connectivity index (χ0v) is 15.8. The van der Waals surface area contributed by atoms with Gasteiger partial charge < -0.3 is 15.2 Å². The molecule has 0 aliphatic heterocycles. The van der Waals surface area contributed by atoms with Crippen LogP contribution >= 0.6 is 15.9 Å². The van der Waals surface area contributed by atoms with E-state index in [-0.39, 0.29) is 18.2 Å². The zero-order chi connectivity index (χ0) is 18.5. The summed E-state index contributed by atoms with van der Waals surface area (Å²) >= 11 is 3.38. The predicted octanol–water partition coefficient (Wildman–Crippen LogP) is 4.38. The molecule has 0 saturated carbocycles. The Morgan fingerprint density at radius 1 is 0.962 bits per heavy atom. The number of carbonyl (C=O) groups is 2. The summed E-state index contributed by atoms with van der Waals surface area (Å²) in [5, 5.41) is 5.57. The largest absolute Gasteiger partial charge is 0.325 e. The smallest absolute Gasteiger partial charge is 0.228 e. The quantitative estimate of drug-likeness (QED) is 0.654. The van der Waals surface area contributed by atoms with Crippen molar-refractivity contribution in [1.29, 1.82) is 0 Å². The Balaban J connectivity index is 1.69. The topological polar surface area (TPSA) is 63.1 Å². The zero-order valence-electron chi connectivity index (χ0n) is 14.2. The fourth-order valence-electron chi connectivity index (χ4n) is 2.59. The first-order valence-corrected chi connectivity index (χ1v) is 8.90. The fraction of sp³-hybridized carbons (Fsp3) is 0.100. The summed E-state index contributed by atoms with van der Waals surface area (Å²) in [6.45, 7) is 1.43. The van der Waals surface area contributed by atoms with Gasteiger partial charge in [-0.2, -0.15) is 0 Å². The third kappa shape index (κ3) is 4.61. The molecule has 0 radical (unpaired) electrons. The maximum Gasteiger partial charge on any atom is 0.228 e. The summed E-state index contributed by atoms with van der Waals surface area (Å²) in [4.78, 5) is 23.7. The number of hydrogen-bond donors (Lipinski definition) is 2. The van der Waals surface area contributed by atoms with Gasteiger partial charge in [0, 0.05) is 29.5 Å². The van der Waals surface area contributed by atoms with Crippen molar-refractivity contribution in [3.63, 3.8) is 0 Å². The molecule has 3 rings (SSSR count). The van der Waals surface area contributed by atoms with Gasteiger partial charge in [-0.15, -0.1) is 0 Å². The van der Waals surface area contributed by atoms with Crippen LogP contribution in [0.1, 0.15) is 12.5 Å². The summed E-state index contributed by atoms with van der Waals surface area (Å²) in [7, 11) is 0. The van der Waals surface area contributed by atoms with Crippen LogP contribution in [-0.4, -0.2) is 16.4 Å². The van der Waals surface area contributed by atoms with Crippen molar-refractivity contribution in [3.8, 4) is 5.69 Å². The van der Waals surface area contributed by atoms with Crippen molar-refractivity contribution >= 4 is 39.1 Å². The molecule has 0 aliphatic carbocycles. The molecule has 0 unspecified atom stereocenters. The molecule has 26 heavy (non-hydrogen) atoms. The van der Waals surface area contributed by atoms with Crippen LogP contribution in [0.5, 0.6) is 0 Å². The molecule has 132 valence electrons. The second kappa shape index (κ2) is 8.01. The van der Waals surface area contributed by atoms with E-state index >= 15 is 0 Å². The van der Waals surface area contributed by atoms with E-state index in [1.165, 1.54) is 6.92 Å². The number of anilines is 2. The van der Waals surface area contributed by atoms with E-state index in [9.17, 15) is 9.59 Å². The van der Waals surface area contributed by atoms with Crippen LogP contribution in [0.2, 0.25) is 0 Å². The minimum atomic E-state index is -0.191. The van der Waals surface area contributed by atoms with Crippen LogP contribution in [0.15, 0.2) is 71.5 Å². The van der Waals surface area contributed by atoms with Crippen molar-refractivity contribution in [2.24, 2.45) is 0 Å². The van der Waals surface area contributed by atoms with Gasteiger partial charge in [-0.1, -0.05) is 28.1 Å². The molecule has 0 atom stereocenters. The molecule has 2 amide bonds. The highest BCUT2D eigenvalue weighted by Crippen LogP contribution is 2.26. The van der Waals surface area contributed by atoms with E-state index in [1.54, 1.807) is 18.2 Å². The van der Waals surface area contributed by atoms with Gasteiger partial charge in [0.25, 0.3) is 0 Å². The Labute approximate surface area is 160 Å². The summed E-state index contributed by atoms with van der Waals surface area (Å²) < 4.78 is 2.82. The standard InChI is InChI=1S/C20H18BrN3O2/c1-14(25)22-18-9-6-16(21)13-19(18)23-20(26)12-15-4-7-17(8-5-15)24-10-2-3-11-24/h2-11,13H,12H2,1H3,(H,22,25)(H,23,26). The molecular weight excluding hydrogens is 394 g/mol. The highest BCUT2D eigenvalue weighted by atomic mass is 79.9. The van der Waals surface area contributed by atoms with Gasteiger partial charge in [-0.25, -0.2) is 0 Å². The van der Waals surface area contributed by atoms with Crippen molar-refractivity contribution < 1.29 is 9.59 Å². The number of nitrogens with zero attached hydrogens (tertiary/aromatic N) is 1. The fourth-order valence-corrected chi connectivity index (χ4v) is 2.95. The lowest BCUT2D eigenvalue weighted by molar-refractivity contribution is -0.116. The Morgan fingerprint density at radius 3 is 2.31 bits per heavy atom. The number of halogens is 1. The van der Waals surface area contributed by atoms with Gasteiger partial charge in [0.05, 0.1) is 17.8 Å². The van der Waals surface area contributed by atoms with Gasteiger partial charge in [-0.05, 0) is 48.0 Å². The first-order chi connectivity index (χ1) is 12.5. The van der Waals surface area contributed by atoms with Gasteiger partial charge in [0.15, 0.2) is 0 Å². The predicted molar refractivity (Wildman–Crippen MR) is 107 cm³/mol. The molecule has 2 aromatic carbocycles. The lowest BCUT2D eigenvalue weighted by atomic mass is 10.1. The highest BCUT2D eigenvalue weighted by molar-refractivity contribution is 9.10. The molecule has 0 bridgehead atoms. The summed E-state index contributed by atoms with van der Waals surface area (Å²) in [5.74, 6) is -0.341. The van der Waals surface area contributed by atoms with Gasteiger partial charge in [-0.3, -0.25) is 9.59 Å². The molecule has 1 heterocycles. The van der Waals surface area contributed by atoms with Crippen LogP contribution in [0, 0.1) is 0 Å². The third-order valence-electron chi connectivity index (χ3n) is 3.77. The van der Waals surface area contributed by atoms with Gasteiger partial charge in [0.2, 0.25) is 11.8 Å². The van der Waals surface area contributed by atoms with Crippen LogP contribution in [-0.2, 0) is 16.0 Å². The van der Waals surface area contributed by atoms with E-state index in [4.69, 9.17) is 0 Å². The number of rotatable bonds is 5. The Hall–Kier alpha value is -2.86. The van der Waals surface area contributed by atoms with Crippen LogP contribution in [0.25, 0.3) is 5.69 Å². The average molecular weight is 412 g/mol. The monoisotopic (exact) mass is 411 g/mol. The van der Waals surface area contributed by atoms with Crippen molar-refractivity contribution in [3.05, 3.63) is 77.0 Å². The lowest BCUT2D eigenvalue weighted by Crippen LogP contribution is -2.17. The van der Waals surface area contributed by atoms with Crippen molar-refractivity contribution in [2.45, 2.75) is 13.3 Å². The third-order valence-corrected chi connectivity index (χ3v) is 4.26. The number of nitrogens with one attached hydrogen (secondary N) is 2. The maximum atomic E-state index is 12.4. The van der Waals surface area contributed by atoms with Crippen LogP contribution in [0.3, 0.4) is 0 Å². The lowest BCUT2D eigenvalue weighted by Gasteiger charge is -2.12. The Morgan fingerprint density at radius 2 is 1.65 bits per heavy atom. The summed E-state index contributed by atoms with van der Waals surface area (Å²) in [5.41, 5.74) is 3.08.